The minimum atomic E-state index is -0.777. The summed E-state index contributed by atoms with van der Waals surface area (Å²) in [6, 6.07) is 4.27. The van der Waals surface area contributed by atoms with Gasteiger partial charge in [0, 0.05) is 22.9 Å². The Morgan fingerprint density at radius 1 is 1.25 bits per heavy atom. The maximum absolute atomic E-state index is 13.2. The number of hydrogen-bond acceptors (Lipinski definition) is 2. The molecule has 0 aromatic heterocycles. The number of halogens is 2. The minimum Gasteiger partial charge on any atom is -0.481 e. The number of rotatable bonds is 5. The molecule has 1 aliphatic rings. The number of hydrogen-bond donors (Lipinski definition) is 2. The Bertz CT molecular complexity index is 625. The van der Waals surface area contributed by atoms with Crippen LogP contribution in [-0.4, -0.2) is 23.5 Å². The lowest BCUT2D eigenvalue weighted by atomic mass is 9.81. The van der Waals surface area contributed by atoms with Gasteiger partial charge in [-0.2, -0.15) is 0 Å². The summed E-state index contributed by atoms with van der Waals surface area (Å²) in [5, 5.41) is 12.3. The lowest BCUT2D eigenvalue weighted by molar-refractivity contribution is -0.144. The van der Waals surface area contributed by atoms with Crippen molar-refractivity contribution in [2.45, 2.75) is 44.9 Å². The summed E-state index contributed by atoms with van der Waals surface area (Å²) in [5.41, 5.74) is 0.346. The van der Waals surface area contributed by atoms with E-state index in [1.807, 2.05) is 13.8 Å². The highest BCUT2D eigenvalue weighted by Crippen LogP contribution is 2.31. The predicted molar refractivity (Wildman–Crippen MR) is 90.5 cm³/mol. The lowest BCUT2D eigenvalue weighted by Gasteiger charge is -2.29. The van der Waals surface area contributed by atoms with Crippen LogP contribution in [0.15, 0.2) is 18.2 Å². The molecule has 0 heterocycles. The average molecular weight is 356 g/mol. The van der Waals surface area contributed by atoms with E-state index in [1.54, 1.807) is 6.07 Å². The van der Waals surface area contributed by atoms with E-state index in [2.05, 4.69) is 5.32 Å². The molecule has 132 valence electrons. The number of nitrogens with one attached hydrogen (secondary N) is 1. The zero-order chi connectivity index (χ0) is 17.9. The molecule has 0 saturated heterocycles. The van der Waals surface area contributed by atoms with Crippen molar-refractivity contribution in [3.05, 3.63) is 34.6 Å². The zero-order valence-electron chi connectivity index (χ0n) is 13.9. The molecule has 6 heteroatoms. The molecule has 0 aliphatic heterocycles. The molecule has 1 aromatic carbocycles. The topological polar surface area (TPSA) is 66.4 Å². The molecule has 4 nitrogen and oxygen atoms in total. The first-order valence-electron chi connectivity index (χ1n) is 8.17. The van der Waals surface area contributed by atoms with Crippen LogP contribution in [0.3, 0.4) is 0 Å². The van der Waals surface area contributed by atoms with Gasteiger partial charge in [-0.1, -0.05) is 31.5 Å². The Hall–Kier alpha value is -1.62. The molecule has 1 fully saturated rings. The first-order valence-corrected chi connectivity index (χ1v) is 8.54. The van der Waals surface area contributed by atoms with Crippen LogP contribution in [0.2, 0.25) is 5.02 Å². The summed E-state index contributed by atoms with van der Waals surface area (Å²) < 4.78 is 13.2. The molecule has 0 spiro atoms. The maximum atomic E-state index is 13.2. The van der Waals surface area contributed by atoms with E-state index in [0.29, 0.717) is 37.3 Å². The van der Waals surface area contributed by atoms with E-state index in [1.165, 1.54) is 12.1 Å². The van der Waals surface area contributed by atoms with E-state index in [4.69, 9.17) is 16.7 Å². The molecule has 1 aliphatic carbocycles. The van der Waals surface area contributed by atoms with Gasteiger partial charge in [-0.05, 0) is 43.4 Å². The smallest absolute Gasteiger partial charge is 0.306 e. The molecular weight excluding hydrogens is 333 g/mol. The standard InChI is InChI=1S/C18H23ClFNO3/c1-18(2,14-8-7-13(20)9-15(14)19)10-21-16(22)11-3-5-12(6-4-11)17(23)24/h7-9,11-12H,3-6,10H2,1-2H3,(H,21,22)(H,23,24). The van der Waals surface area contributed by atoms with E-state index >= 15 is 0 Å². The summed E-state index contributed by atoms with van der Waals surface area (Å²) in [6.07, 6.45) is 2.28. The molecule has 0 unspecified atom stereocenters. The van der Waals surface area contributed by atoms with Crippen molar-refractivity contribution < 1.29 is 19.1 Å². The third-order valence-electron chi connectivity index (χ3n) is 4.81. The quantitative estimate of drug-likeness (QED) is 0.845. The highest BCUT2D eigenvalue weighted by molar-refractivity contribution is 6.31. The highest BCUT2D eigenvalue weighted by Gasteiger charge is 2.31. The van der Waals surface area contributed by atoms with Gasteiger partial charge in [0.15, 0.2) is 0 Å². The average Bonchev–Trinajstić information content (AvgIpc) is 2.52. The number of carbonyl (C=O) groups is 2. The van der Waals surface area contributed by atoms with Crippen molar-refractivity contribution in [3.8, 4) is 0 Å². The zero-order valence-corrected chi connectivity index (χ0v) is 14.7. The van der Waals surface area contributed by atoms with Crippen molar-refractivity contribution >= 4 is 23.5 Å². The van der Waals surface area contributed by atoms with Gasteiger partial charge in [-0.15, -0.1) is 0 Å². The second-order valence-electron chi connectivity index (χ2n) is 7.11. The van der Waals surface area contributed by atoms with E-state index in [-0.39, 0.29) is 17.7 Å². The van der Waals surface area contributed by atoms with Gasteiger partial charge in [0.25, 0.3) is 0 Å². The van der Waals surface area contributed by atoms with Crippen LogP contribution in [0, 0.1) is 17.7 Å². The van der Waals surface area contributed by atoms with Crippen LogP contribution >= 0.6 is 11.6 Å². The fraction of sp³-hybridized carbons (Fsp3) is 0.556. The van der Waals surface area contributed by atoms with Gasteiger partial charge in [0.05, 0.1) is 5.92 Å². The number of carbonyl (C=O) groups excluding carboxylic acids is 1. The summed E-state index contributed by atoms with van der Waals surface area (Å²) in [7, 11) is 0. The van der Waals surface area contributed by atoms with Crippen LogP contribution < -0.4 is 5.32 Å². The Morgan fingerprint density at radius 3 is 2.38 bits per heavy atom. The van der Waals surface area contributed by atoms with Gasteiger partial charge in [-0.25, -0.2) is 4.39 Å². The number of amides is 1. The number of carboxylic acids is 1. The van der Waals surface area contributed by atoms with Gasteiger partial charge in [0.1, 0.15) is 5.82 Å². The van der Waals surface area contributed by atoms with Gasteiger partial charge in [0.2, 0.25) is 5.91 Å². The third-order valence-corrected chi connectivity index (χ3v) is 5.12. The van der Waals surface area contributed by atoms with Crippen molar-refractivity contribution in [2.75, 3.05) is 6.54 Å². The fourth-order valence-electron chi connectivity index (χ4n) is 3.19. The Balaban J connectivity index is 1.92. The summed E-state index contributed by atoms with van der Waals surface area (Å²) >= 11 is 6.12. The van der Waals surface area contributed by atoms with Crippen LogP contribution in [-0.2, 0) is 15.0 Å². The van der Waals surface area contributed by atoms with Gasteiger partial charge < -0.3 is 10.4 Å². The Kier molecular flexibility index (Phi) is 5.86. The summed E-state index contributed by atoms with van der Waals surface area (Å²) in [4.78, 5) is 23.3. The Labute approximate surface area is 146 Å². The van der Waals surface area contributed by atoms with Gasteiger partial charge in [-0.3, -0.25) is 9.59 Å². The Morgan fingerprint density at radius 2 is 1.83 bits per heavy atom. The molecule has 1 aromatic rings. The summed E-state index contributed by atoms with van der Waals surface area (Å²) in [5.74, 6) is -1.69. The molecule has 2 N–H and O–H groups in total. The van der Waals surface area contributed by atoms with Crippen LogP contribution in [0.25, 0.3) is 0 Å². The molecular formula is C18H23ClFNO3. The summed E-state index contributed by atoms with van der Waals surface area (Å²) in [6.45, 7) is 4.26. The molecule has 24 heavy (non-hydrogen) atoms. The first kappa shape index (κ1) is 18.7. The number of benzene rings is 1. The van der Waals surface area contributed by atoms with E-state index in [0.717, 1.165) is 5.56 Å². The van der Waals surface area contributed by atoms with Crippen LogP contribution in [0.5, 0.6) is 0 Å². The van der Waals surface area contributed by atoms with Crippen molar-refractivity contribution in [3.63, 3.8) is 0 Å². The van der Waals surface area contributed by atoms with Crippen LogP contribution in [0.1, 0.15) is 45.1 Å². The van der Waals surface area contributed by atoms with Crippen molar-refractivity contribution in [2.24, 2.45) is 11.8 Å². The SMILES string of the molecule is CC(C)(CNC(=O)C1CCC(C(=O)O)CC1)c1ccc(F)cc1Cl. The molecule has 0 atom stereocenters. The second-order valence-corrected chi connectivity index (χ2v) is 7.52. The van der Waals surface area contributed by atoms with Crippen molar-refractivity contribution in [1.29, 1.82) is 0 Å². The van der Waals surface area contributed by atoms with E-state index in [9.17, 15) is 14.0 Å². The second kappa shape index (κ2) is 7.51. The maximum Gasteiger partial charge on any atom is 0.306 e. The molecule has 0 bridgehead atoms. The molecule has 0 radical (unpaired) electrons. The molecule has 1 saturated carbocycles. The fourth-order valence-corrected chi connectivity index (χ4v) is 3.61. The molecule has 1 amide bonds. The van der Waals surface area contributed by atoms with Crippen molar-refractivity contribution in [1.82, 2.24) is 5.32 Å². The minimum absolute atomic E-state index is 0.0508. The third kappa shape index (κ3) is 4.47. The number of carboxylic acid groups (broad SMARTS) is 1. The first-order chi connectivity index (χ1) is 11.2. The predicted octanol–water partition coefficient (Wildman–Crippen LogP) is 3.76. The number of aliphatic carboxylic acids is 1. The lowest BCUT2D eigenvalue weighted by Crippen LogP contribution is -2.41. The highest BCUT2D eigenvalue weighted by atomic mass is 35.5. The molecule has 2 rings (SSSR count). The van der Waals surface area contributed by atoms with E-state index < -0.39 is 17.2 Å². The normalized spacial score (nSPS) is 21.3. The monoisotopic (exact) mass is 355 g/mol. The van der Waals surface area contributed by atoms with Crippen LogP contribution in [0.4, 0.5) is 4.39 Å². The van der Waals surface area contributed by atoms with Gasteiger partial charge >= 0.3 is 5.97 Å². The largest absolute Gasteiger partial charge is 0.481 e.